The molecule has 0 aromatic heterocycles. The molecule has 1 atom stereocenters. The molecule has 0 saturated heterocycles. The van der Waals surface area contributed by atoms with Gasteiger partial charge < -0.3 is 15.8 Å². The summed E-state index contributed by atoms with van der Waals surface area (Å²) in [5.41, 5.74) is 6.33. The lowest BCUT2D eigenvalue weighted by molar-refractivity contribution is -0.148. The Labute approximate surface area is 200 Å². The maximum Gasteiger partial charge on any atom is 0.329 e. The molecule has 184 valence electrons. The van der Waals surface area contributed by atoms with E-state index in [1.165, 1.54) is 40.7 Å². The summed E-state index contributed by atoms with van der Waals surface area (Å²) >= 11 is 0. The van der Waals surface area contributed by atoms with Gasteiger partial charge in [-0.2, -0.15) is 4.31 Å². The van der Waals surface area contributed by atoms with Crippen LogP contribution < -0.4 is 11.1 Å². The summed E-state index contributed by atoms with van der Waals surface area (Å²) in [6.07, 6.45) is 0. The number of ether oxygens (including phenoxy) is 1. The number of hydrogen-bond acceptors (Lipinski definition) is 6. The molecular weight excluding hydrogens is 458 g/mol. The van der Waals surface area contributed by atoms with Gasteiger partial charge in [0.25, 0.3) is 5.91 Å². The van der Waals surface area contributed by atoms with Gasteiger partial charge in [0, 0.05) is 24.2 Å². The molecule has 10 heteroatoms. The second-order valence-corrected chi connectivity index (χ2v) is 9.92. The van der Waals surface area contributed by atoms with Gasteiger partial charge in [0.1, 0.15) is 12.6 Å². The van der Waals surface area contributed by atoms with Crippen LogP contribution >= 0.6 is 0 Å². The zero-order valence-electron chi connectivity index (χ0n) is 19.8. The predicted octanol–water partition coefficient (Wildman–Crippen LogP) is 2.31. The first kappa shape index (κ1) is 27.0. The highest BCUT2D eigenvalue weighted by molar-refractivity contribution is 7.89. The summed E-state index contributed by atoms with van der Waals surface area (Å²) in [4.78, 5) is 36.7. The van der Waals surface area contributed by atoms with E-state index in [1.807, 2.05) is 0 Å². The summed E-state index contributed by atoms with van der Waals surface area (Å²) < 4.78 is 32.2. The average Bonchev–Trinajstić information content (AvgIpc) is 2.81. The van der Waals surface area contributed by atoms with Gasteiger partial charge >= 0.3 is 5.97 Å². The quantitative estimate of drug-likeness (QED) is 0.465. The third-order valence-corrected chi connectivity index (χ3v) is 7.31. The van der Waals surface area contributed by atoms with Crippen LogP contribution in [0.15, 0.2) is 53.4 Å². The molecule has 2 aromatic rings. The van der Waals surface area contributed by atoms with E-state index in [0.717, 1.165) is 0 Å². The number of esters is 1. The molecule has 0 saturated carbocycles. The Morgan fingerprint density at radius 1 is 1.00 bits per heavy atom. The topological polar surface area (TPSA) is 136 Å². The van der Waals surface area contributed by atoms with Gasteiger partial charge in [-0.3, -0.25) is 9.59 Å². The Morgan fingerprint density at radius 2 is 1.62 bits per heavy atom. The van der Waals surface area contributed by atoms with Gasteiger partial charge in [0.05, 0.1) is 4.90 Å². The lowest BCUT2D eigenvalue weighted by atomic mass is 10.0. The van der Waals surface area contributed by atoms with E-state index in [-0.39, 0.29) is 23.0 Å². The maximum atomic E-state index is 12.9. The van der Waals surface area contributed by atoms with Gasteiger partial charge in [-0.25, -0.2) is 13.2 Å². The molecule has 0 aliphatic rings. The molecule has 0 aliphatic carbocycles. The van der Waals surface area contributed by atoms with Gasteiger partial charge in [-0.05, 0) is 41.8 Å². The number of primary amides is 1. The Bertz CT molecular complexity index is 1130. The summed E-state index contributed by atoms with van der Waals surface area (Å²) in [5.74, 6) is -2.05. The molecule has 2 aromatic carbocycles. The maximum absolute atomic E-state index is 12.9. The summed E-state index contributed by atoms with van der Waals surface area (Å²) in [7, 11) is -3.73. The zero-order chi connectivity index (χ0) is 25.5. The molecular formula is C24H31N3O6S. The number of rotatable bonds is 11. The smallest absolute Gasteiger partial charge is 0.329 e. The third-order valence-electron chi connectivity index (χ3n) is 5.27. The number of nitrogens with zero attached hydrogens (tertiary/aromatic N) is 1. The van der Waals surface area contributed by atoms with E-state index in [0.29, 0.717) is 24.2 Å². The molecule has 0 radical (unpaired) electrons. The molecule has 0 fully saturated rings. The van der Waals surface area contributed by atoms with E-state index in [1.54, 1.807) is 39.8 Å². The molecule has 2 rings (SSSR count). The number of sulfonamides is 1. The van der Waals surface area contributed by atoms with Crippen LogP contribution in [0.3, 0.4) is 0 Å². The van der Waals surface area contributed by atoms with Crippen molar-refractivity contribution >= 4 is 27.8 Å². The predicted molar refractivity (Wildman–Crippen MR) is 127 cm³/mol. The summed E-state index contributed by atoms with van der Waals surface area (Å²) in [6.45, 7) is 7.56. The number of benzene rings is 2. The van der Waals surface area contributed by atoms with Gasteiger partial charge in [-0.1, -0.05) is 45.9 Å². The first-order chi connectivity index (χ1) is 16.0. The van der Waals surface area contributed by atoms with E-state index in [9.17, 15) is 22.8 Å². The van der Waals surface area contributed by atoms with Crippen LogP contribution in [0.2, 0.25) is 0 Å². The Kier molecular flexibility index (Phi) is 9.34. The second kappa shape index (κ2) is 11.8. The van der Waals surface area contributed by atoms with Crippen molar-refractivity contribution in [2.45, 2.75) is 45.2 Å². The lowest BCUT2D eigenvalue weighted by Gasteiger charge is -2.21. The van der Waals surface area contributed by atoms with Crippen LogP contribution in [0.1, 0.15) is 54.0 Å². The van der Waals surface area contributed by atoms with E-state index < -0.39 is 33.8 Å². The van der Waals surface area contributed by atoms with Crippen LogP contribution in [-0.2, 0) is 26.2 Å². The van der Waals surface area contributed by atoms with Crippen LogP contribution in [0, 0.1) is 5.92 Å². The Hall–Kier alpha value is -3.24. The minimum Gasteiger partial charge on any atom is -0.459 e. The number of carbonyl (C=O) groups excluding carboxylic acids is 3. The average molecular weight is 490 g/mol. The fourth-order valence-electron chi connectivity index (χ4n) is 3.24. The highest BCUT2D eigenvalue weighted by atomic mass is 32.2. The van der Waals surface area contributed by atoms with Crippen molar-refractivity contribution in [1.29, 1.82) is 0 Å². The fraction of sp³-hybridized carbons (Fsp3) is 0.375. The normalized spacial score (nSPS) is 12.4. The van der Waals surface area contributed by atoms with E-state index in [2.05, 4.69) is 5.32 Å². The van der Waals surface area contributed by atoms with Gasteiger partial charge in [-0.15, -0.1) is 0 Å². The first-order valence-electron chi connectivity index (χ1n) is 11.0. The number of nitrogens with one attached hydrogen (secondary N) is 1. The molecule has 34 heavy (non-hydrogen) atoms. The van der Waals surface area contributed by atoms with Crippen molar-refractivity contribution in [1.82, 2.24) is 9.62 Å². The van der Waals surface area contributed by atoms with Crippen LogP contribution in [0.25, 0.3) is 0 Å². The Morgan fingerprint density at radius 3 is 2.15 bits per heavy atom. The van der Waals surface area contributed by atoms with Gasteiger partial charge in [0.2, 0.25) is 15.9 Å². The molecule has 0 unspecified atom stereocenters. The van der Waals surface area contributed by atoms with Crippen molar-refractivity contribution in [3.63, 3.8) is 0 Å². The second-order valence-electron chi connectivity index (χ2n) is 7.98. The molecule has 0 heterocycles. The number of carbonyl (C=O) groups is 3. The minimum absolute atomic E-state index is 0.00642. The third kappa shape index (κ3) is 6.64. The van der Waals surface area contributed by atoms with Crippen molar-refractivity contribution in [2.24, 2.45) is 11.7 Å². The van der Waals surface area contributed by atoms with Gasteiger partial charge in [0.15, 0.2) is 0 Å². The molecule has 0 spiro atoms. The molecule has 3 N–H and O–H groups in total. The monoisotopic (exact) mass is 489 g/mol. The van der Waals surface area contributed by atoms with Crippen LogP contribution in [-0.4, -0.2) is 49.6 Å². The molecule has 0 aliphatic heterocycles. The Balaban J connectivity index is 2.12. The zero-order valence-corrected chi connectivity index (χ0v) is 20.6. The number of amides is 2. The van der Waals surface area contributed by atoms with Crippen molar-refractivity contribution in [3.05, 3.63) is 65.2 Å². The highest BCUT2D eigenvalue weighted by Gasteiger charge is 2.27. The van der Waals surface area contributed by atoms with Crippen molar-refractivity contribution < 1.29 is 27.5 Å². The molecule has 9 nitrogen and oxygen atoms in total. The standard InChI is InChI=1S/C24H31N3O6S/c1-5-27(6-2)34(31,32)20-9-7-8-19(14-20)23(29)26-21(16(3)4)24(30)33-15-17-10-12-18(13-11-17)22(25)28/h7-14,16,21H,5-6,15H2,1-4H3,(H2,25,28)(H,26,29)/t21-/m0/s1. The number of hydrogen-bond donors (Lipinski definition) is 2. The van der Waals surface area contributed by atoms with Crippen LogP contribution in [0.5, 0.6) is 0 Å². The highest BCUT2D eigenvalue weighted by Crippen LogP contribution is 2.18. The number of nitrogens with two attached hydrogens (primary N) is 1. The van der Waals surface area contributed by atoms with E-state index in [4.69, 9.17) is 10.5 Å². The summed E-state index contributed by atoms with van der Waals surface area (Å²) in [6, 6.07) is 11.1. The summed E-state index contributed by atoms with van der Waals surface area (Å²) in [5, 5.41) is 2.65. The fourth-order valence-corrected chi connectivity index (χ4v) is 4.75. The largest absolute Gasteiger partial charge is 0.459 e. The SMILES string of the molecule is CCN(CC)S(=O)(=O)c1cccc(C(=O)N[C@H](C(=O)OCc2ccc(C(N)=O)cc2)C(C)C)c1. The lowest BCUT2D eigenvalue weighted by Crippen LogP contribution is -2.45. The van der Waals surface area contributed by atoms with E-state index >= 15 is 0 Å². The first-order valence-corrected chi connectivity index (χ1v) is 12.4. The molecule has 0 bridgehead atoms. The minimum atomic E-state index is -3.73. The van der Waals surface area contributed by atoms with Crippen LogP contribution in [0.4, 0.5) is 0 Å². The molecule has 2 amide bonds. The van der Waals surface area contributed by atoms with Crippen molar-refractivity contribution in [3.8, 4) is 0 Å². The van der Waals surface area contributed by atoms with Crippen molar-refractivity contribution in [2.75, 3.05) is 13.1 Å².